The highest BCUT2D eigenvalue weighted by molar-refractivity contribution is 5.73. The Morgan fingerprint density at radius 1 is 1.13 bits per heavy atom. The number of carbonyl (C=O) groups excluding carboxylic acids is 2. The number of carbonyl (C=O) groups is 2. The number of likely N-dealkylation sites (tertiary alicyclic amines) is 2. The van der Waals surface area contributed by atoms with Crippen LogP contribution in [0, 0.1) is 11.3 Å². The third kappa shape index (κ3) is 3.19. The highest BCUT2D eigenvalue weighted by Crippen LogP contribution is 2.53. The van der Waals surface area contributed by atoms with Gasteiger partial charge in [-0.1, -0.05) is 0 Å². The summed E-state index contributed by atoms with van der Waals surface area (Å²) in [5.41, 5.74) is -0.275. The van der Waals surface area contributed by atoms with Gasteiger partial charge < -0.3 is 19.3 Å². The number of rotatable bonds is 4. The average Bonchev–Trinajstić information content (AvgIpc) is 3.36. The fraction of sp³-hybridized carbons (Fsp3) is 0.913. The van der Waals surface area contributed by atoms with Crippen molar-refractivity contribution in [2.24, 2.45) is 11.3 Å². The van der Waals surface area contributed by atoms with Gasteiger partial charge in [0.1, 0.15) is 5.60 Å². The molecule has 5 fully saturated rings. The minimum Gasteiger partial charge on any atom is -0.450 e. The lowest BCUT2D eigenvalue weighted by Gasteiger charge is -2.54. The predicted octanol–water partition coefficient (Wildman–Crippen LogP) is 3.47. The van der Waals surface area contributed by atoms with E-state index in [9.17, 15) is 9.59 Å². The molecule has 0 aromatic carbocycles. The molecule has 2 saturated carbocycles. The number of nitrogens with zero attached hydrogens (tertiary/aromatic N) is 3. The molecule has 3 heterocycles. The zero-order chi connectivity index (χ0) is 21.1. The van der Waals surface area contributed by atoms with Crippen molar-refractivity contribution in [2.45, 2.75) is 82.9 Å². The van der Waals surface area contributed by atoms with Crippen molar-refractivity contribution in [3.05, 3.63) is 0 Å². The van der Waals surface area contributed by atoms with Crippen LogP contribution in [-0.4, -0.2) is 83.4 Å². The fourth-order valence-corrected chi connectivity index (χ4v) is 6.48. The van der Waals surface area contributed by atoms with E-state index in [4.69, 9.17) is 9.47 Å². The van der Waals surface area contributed by atoms with E-state index < -0.39 is 0 Å². The Balaban J connectivity index is 1.15. The maximum absolute atomic E-state index is 12.7. The molecule has 0 aromatic rings. The number of amides is 2. The summed E-state index contributed by atoms with van der Waals surface area (Å²) in [5, 5.41) is 0. The molecule has 0 radical (unpaired) electrons. The lowest BCUT2D eigenvalue weighted by atomic mass is 9.63. The molecule has 5 rings (SSSR count). The molecule has 2 aliphatic carbocycles. The van der Waals surface area contributed by atoms with E-state index in [2.05, 4.69) is 18.7 Å². The van der Waals surface area contributed by atoms with Crippen molar-refractivity contribution in [2.75, 3.05) is 39.3 Å². The maximum atomic E-state index is 12.7. The topological polar surface area (TPSA) is 62.3 Å². The summed E-state index contributed by atoms with van der Waals surface area (Å²) in [7, 11) is 0. The highest BCUT2D eigenvalue weighted by atomic mass is 16.6. The van der Waals surface area contributed by atoms with Gasteiger partial charge in [0.15, 0.2) is 0 Å². The maximum Gasteiger partial charge on any atom is 0.411 e. The third-order valence-electron chi connectivity index (χ3n) is 8.85. The monoisotopic (exact) mass is 419 g/mol. The highest BCUT2D eigenvalue weighted by Gasteiger charge is 2.62. The van der Waals surface area contributed by atoms with Gasteiger partial charge >= 0.3 is 12.2 Å². The van der Waals surface area contributed by atoms with Gasteiger partial charge in [-0.15, -0.1) is 0 Å². The Labute approximate surface area is 180 Å². The first kappa shape index (κ1) is 20.4. The van der Waals surface area contributed by atoms with Gasteiger partial charge in [0, 0.05) is 51.6 Å². The lowest BCUT2D eigenvalue weighted by molar-refractivity contribution is -0.0805. The van der Waals surface area contributed by atoms with Gasteiger partial charge in [0.2, 0.25) is 0 Å². The van der Waals surface area contributed by atoms with Crippen LogP contribution < -0.4 is 0 Å². The van der Waals surface area contributed by atoms with E-state index in [-0.39, 0.29) is 23.3 Å². The number of hydrogen-bond acceptors (Lipinski definition) is 5. The minimum atomic E-state index is -0.342. The van der Waals surface area contributed by atoms with Crippen LogP contribution in [0.3, 0.4) is 0 Å². The van der Waals surface area contributed by atoms with Crippen LogP contribution in [0.2, 0.25) is 0 Å². The van der Waals surface area contributed by atoms with Crippen LogP contribution >= 0.6 is 0 Å². The molecule has 2 amide bonds. The van der Waals surface area contributed by atoms with Crippen molar-refractivity contribution in [3.8, 4) is 0 Å². The average molecular weight is 420 g/mol. The van der Waals surface area contributed by atoms with E-state index in [1.165, 1.54) is 25.7 Å². The van der Waals surface area contributed by atoms with Crippen molar-refractivity contribution in [1.29, 1.82) is 0 Å². The smallest absolute Gasteiger partial charge is 0.411 e. The Morgan fingerprint density at radius 3 is 2.47 bits per heavy atom. The van der Waals surface area contributed by atoms with Crippen LogP contribution in [0.4, 0.5) is 9.59 Å². The molecule has 0 N–H and O–H groups in total. The summed E-state index contributed by atoms with van der Waals surface area (Å²) in [6.45, 7) is 11.2. The van der Waals surface area contributed by atoms with E-state index in [0.717, 1.165) is 52.0 Å². The Morgan fingerprint density at radius 2 is 1.83 bits per heavy atom. The first-order valence-corrected chi connectivity index (χ1v) is 11.9. The van der Waals surface area contributed by atoms with Gasteiger partial charge in [-0.3, -0.25) is 4.90 Å². The first-order chi connectivity index (χ1) is 14.3. The molecule has 5 aliphatic rings. The third-order valence-corrected chi connectivity index (χ3v) is 8.85. The fourth-order valence-electron chi connectivity index (χ4n) is 6.48. The quantitative estimate of drug-likeness (QED) is 0.698. The lowest BCUT2D eigenvalue weighted by Crippen LogP contribution is -2.62. The Bertz CT molecular complexity index is 705. The first-order valence-electron chi connectivity index (χ1n) is 11.9. The van der Waals surface area contributed by atoms with Crippen molar-refractivity contribution in [3.63, 3.8) is 0 Å². The van der Waals surface area contributed by atoms with Crippen LogP contribution in [0.15, 0.2) is 0 Å². The molecule has 7 nitrogen and oxygen atoms in total. The summed E-state index contributed by atoms with van der Waals surface area (Å²) in [4.78, 5) is 31.2. The molecule has 0 bridgehead atoms. The molecule has 0 unspecified atom stereocenters. The Hall–Kier alpha value is -1.50. The second-order valence-electron chi connectivity index (χ2n) is 10.9. The zero-order valence-corrected chi connectivity index (χ0v) is 18.8. The Kier molecular flexibility index (Phi) is 4.77. The van der Waals surface area contributed by atoms with Crippen LogP contribution in [0.1, 0.15) is 65.7 Å². The van der Waals surface area contributed by atoms with E-state index in [1.807, 2.05) is 16.7 Å². The van der Waals surface area contributed by atoms with Gasteiger partial charge in [0.25, 0.3) is 0 Å². The summed E-state index contributed by atoms with van der Waals surface area (Å²) < 4.78 is 11.3. The second kappa shape index (κ2) is 7.01. The summed E-state index contributed by atoms with van der Waals surface area (Å²) >= 11 is 0. The normalized spacial score (nSPS) is 35.0. The SMILES string of the molecule is CCOC(=O)N1CCC2(CC(N3CCC4(CC3)OC(=O)N(CC3CC3)C4(C)C)C2)C1. The second-order valence-corrected chi connectivity index (χ2v) is 10.9. The van der Waals surface area contributed by atoms with E-state index in [0.29, 0.717) is 24.0 Å². The van der Waals surface area contributed by atoms with Gasteiger partial charge in [0.05, 0.1) is 12.1 Å². The molecule has 3 saturated heterocycles. The molecule has 7 heteroatoms. The number of hydrogen-bond donors (Lipinski definition) is 0. The summed E-state index contributed by atoms with van der Waals surface area (Å²) in [6.07, 6.45) is 7.53. The summed E-state index contributed by atoms with van der Waals surface area (Å²) in [6, 6.07) is 0.604. The van der Waals surface area contributed by atoms with E-state index in [1.54, 1.807) is 0 Å². The number of ether oxygens (including phenoxy) is 2. The molecule has 168 valence electrons. The standard InChI is InChI=1S/C23H37N3O4/c1-4-29-19(27)25-10-7-22(16-25)13-18(14-22)24-11-8-23(9-12-24)21(2,3)26(20(28)30-23)15-17-5-6-17/h17-18H,4-16H2,1-3H3. The van der Waals surface area contributed by atoms with Gasteiger partial charge in [-0.2, -0.15) is 0 Å². The molecular formula is C23H37N3O4. The largest absolute Gasteiger partial charge is 0.450 e. The van der Waals surface area contributed by atoms with Crippen molar-refractivity contribution < 1.29 is 19.1 Å². The van der Waals surface area contributed by atoms with Crippen LogP contribution in [0.5, 0.6) is 0 Å². The van der Waals surface area contributed by atoms with Gasteiger partial charge in [-0.25, -0.2) is 9.59 Å². The van der Waals surface area contributed by atoms with Crippen LogP contribution in [-0.2, 0) is 9.47 Å². The van der Waals surface area contributed by atoms with E-state index >= 15 is 0 Å². The molecule has 2 spiro atoms. The van der Waals surface area contributed by atoms with Crippen LogP contribution in [0.25, 0.3) is 0 Å². The van der Waals surface area contributed by atoms with Crippen molar-refractivity contribution >= 4 is 12.2 Å². The van der Waals surface area contributed by atoms with Gasteiger partial charge in [-0.05, 0) is 64.2 Å². The molecule has 30 heavy (non-hydrogen) atoms. The predicted molar refractivity (Wildman–Crippen MR) is 112 cm³/mol. The minimum absolute atomic E-state index is 0.104. The number of piperidine rings is 1. The molecular weight excluding hydrogens is 382 g/mol. The summed E-state index contributed by atoms with van der Waals surface area (Å²) in [5.74, 6) is 0.679. The van der Waals surface area contributed by atoms with Crippen molar-refractivity contribution in [1.82, 2.24) is 14.7 Å². The molecule has 3 aliphatic heterocycles. The zero-order valence-electron chi connectivity index (χ0n) is 18.8. The molecule has 0 aromatic heterocycles. The molecule has 0 atom stereocenters.